The molecule has 1 fully saturated rings. The lowest BCUT2D eigenvalue weighted by molar-refractivity contribution is -0.164. The maximum Gasteiger partial charge on any atom is 0.308 e. The summed E-state index contributed by atoms with van der Waals surface area (Å²) in [6.45, 7) is 0. The van der Waals surface area contributed by atoms with Gasteiger partial charge < -0.3 is 4.74 Å². The van der Waals surface area contributed by atoms with Gasteiger partial charge in [-0.05, 0) is 17.7 Å². The van der Waals surface area contributed by atoms with E-state index in [0.717, 1.165) is 5.56 Å². The number of ether oxygens (including phenoxy) is 1. The third-order valence-corrected chi connectivity index (χ3v) is 2.63. The van der Waals surface area contributed by atoms with Crippen LogP contribution in [0.1, 0.15) is 18.4 Å². The Morgan fingerprint density at radius 1 is 1.40 bits per heavy atom. The number of benzene rings is 1. The van der Waals surface area contributed by atoms with E-state index in [4.69, 9.17) is 11.6 Å². The molecular formula is C11H10ClFO2. The van der Waals surface area contributed by atoms with E-state index in [1.165, 1.54) is 0 Å². The first-order valence-electron chi connectivity index (χ1n) is 4.73. The van der Waals surface area contributed by atoms with Gasteiger partial charge in [-0.25, -0.2) is 0 Å². The molecule has 0 N–H and O–H groups in total. The Morgan fingerprint density at radius 2 is 2.07 bits per heavy atom. The first-order chi connectivity index (χ1) is 7.07. The molecule has 15 heavy (non-hydrogen) atoms. The standard InChI is InChI=1S/C11H10ClFO2/c12-9-3-1-8(2-4-9)7-11(13)6-5-10(14)15-11/h1-4H,5-7H2. The first kappa shape index (κ1) is 10.4. The fraction of sp³-hybridized carbons (Fsp3) is 0.364. The van der Waals surface area contributed by atoms with Gasteiger partial charge in [0, 0.05) is 17.9 Å². The van der Waals surface area contributed by atoms with Gasteiger partial charge in [0.05, 0.1) is 6.42 Å². The van der Waals surface area contributed by atoms with Crippen LogP contribution in [-0.4, -0.2) is 11.8 Å². The van der Waals surface area contributed by atoms with Crippen LogP contribution < -0.4 is 0 Å². The lowest BCUT2D eigenvalue weighted by Gasteiger charge is -2.17. The Labute approximate surface area is 92.0 Å². The molecule has 1 atom stereocenters. The predicted octanol–water partition coefficient (Wildman–Crippen LogP) is 2.89. The zero-order valence-electron chi connectivity index (χ0n) is 8.00. The van der Waals surface area contributed by atoms with Crippen LogP contribution in [0.2, 0.25) is 5.02 Å². The Bertz CT molecular complexity index is 377. The van der Waals surface area contributed by atoms with Gasteiger partial charge >= 0.3 is 5.97 Å². The molecule has 0 aromatic heterocycles. The van der Waals surface area contributed by atoms with Crippen LogP contribution in [0, 0.1) is 0 Å². The fourth-order valence-corrected chi connectivity index (χ4v) is 1.75. The van der Waals surface area contributed by atoms with Gasteiger partial charge in [-0.1, -0.05) is 23.7 Å². The van der Waals surface area contributed by atoms with Crippen LogP contribution in [-0.2, 0) is 16.0 Å². The van der Waals surface area contributed by atoms with Crippen molar-refractivity contribution in [2.75, 3.05) is 0 Å². The number of cyclic esters (lactones) is 1. The summed E-state index contributed by atoms with van der Waals surface area (Å²) in [6.07, 6.45) is 0.383. The minimum absolute atomic E-state index is 0.0932. The average Bonchev–Trinajstić information content (AvgIpc) is 2.50. The van der Waals surface area contributed by atoms with Gasteiger partial charge in [0.2, 0.25) is 0 Å². The van der Waals surface area contributed by atoms with Crippen molar-refractivity contribution in [3.63, 3.8) is 0 Å². The van der Waals surface area contributed by atoms with E-state index < -0.39 is 11.8 Å². The van der Waals surface area contributed by atoms with Gasteiger partial charge in [0.15, 0.2) is 0 Å². The molecule has 0 radical (unpaired) electrons. The molecule has 0 amide bonds. The molecule has 1 heterocycles. The highest BCUT2D eigenvalue weighted by molar-refractivity contribution is 6.30. The lowest BCUT2D eigenvalue weighted by Crippen LogP contribution is -2.24. The van der Waals surface area contributed by atoms with Gasteiger partial charge in [0.25, 0.3) is 5.85 Å². The summed E-state index contributed by atoms with van der Waals surface area (Å²) < 4.78 is 18.5. The van der Waals surface area contributed by atoms with E-state index in [0.29, 0.717) is 5.02 Å². The monoisotopic (exact) mass is 228 g/mol. The van der Waals surface area contributed by atoms with Crippen LogP contribution in [0.3, 0.4) is 0 Å². The lowest BCUT2D eigenvalue weighted by atomic mass is 10.0. The molecule has 0 aliphatic carbocycles. The number of carbonyl (C=O) groups is 1. The van der Waals surface area contributed by atoms with Crippen LogP contribution in [0.4, 0.5) is 4.39 Å². The Morgan fingerprint density at radius 3 is 2.60 bits per heavy atom. The zero-order chi connectivity index (χ0) is 10.9. The Balaban J connectivity index is 2.08. The van der Waals surface area contributed by atoms with Crippen molar-refractivity contribution >= 4 is 17.6 Å². The smallest absolute Gasteiger partial charge is 0.308 e. The second-order valence-corrected chi connectivity index (χ2v) is 4.10. The van der Waals surface area contributed by atoms with Crippen molar-refractivity contribution in [3.05, 3.63) is 34.9 Å². The maximum absolute atomic E-state index is 13.9. The van der Waals surface area contributed by atoms with Crippen molar-refractivity contribution in [2.45, 2.75) is 25.1 Å². The fourth-order valence-electron chi connectivity index (χ4n) is 1.63. The number of alkyl halides is 1. The summed E-state index contributed by atoms with van der Waals surface area (Å²) >= 11 is 5.71. The summed E-state index contributed by atoms with van der Waals surface area (Å²) in [5.41, 5.74) is 0.775. The number of hydrogen-bond donors (Lipinski definition) is 0. The second-order valence-electron chi connectivity index (χ2n) is 3.66. The van der Waals surface area contributed by atoms with Gasteiger partial charge in [-0.15, -0.1) is 0 Å². The topological polar surface area (TPSA) is 26.3 Å². The van der Waals surface area contributed by atoms with E-state index in [1.54, 1.807) is 24.3 Å². The average molecular weight is 229 g/mol. The Kier molecular flexibility index (Phi) is 2.65. The third-order valence-electron chi connectivity index (χ3n) is 2.38. The van der Waals surface area contributed by atoms with E-state index in [9.17, 15) is 9.18 Å². The molecule has 1 unspecified atom stereocenters. The SMILES string of the molecule is O=C1CCC(F)(Cc2ccc(Cl)cc2)O1. The van der Waals surface area contributed by atoms with Crippen molar-refractivity contribution in [1.82, 2.24) is 0 Å². The normalized spacial score (nSPS) is 25.3. The van der Waals surface area contributed by atoms with Crippen LogP contribution in [0.25, 0.3) is 0 Å². The van der Waals surface area contributed by atoms with E-state index in [-0.39, 0.29) is 19.3 Å². The van der Waals surface area contributed by atoms with Crippen molar-refractivity contribution < 1.29 is 13.9 Å². The molecule has 4 heteroatoms. The van der Waals surface area contributed by atoms with Gasteiger partial charge in [0.1, 0.15) is 0 Å². The zero-order valence-corrected chi connectivity index (χ0v) is 8.76. The molecule has 1 aliphatic heterocycles. The third kappa shape index (κ3) is 2.48. The molecule has 0 saturated carbocycles. The minimum atomic E-state index is -1.83. The molecule has 1 aromatic rings. The first-order valence-corrected chi connectivity index (χ1v) is 5.10. The number of hydrogen-bond acceptors (Lipinski definition) is 2. The van der Waals surface area contributed by atoms with E-state index >= 15 is 0 Å². The number of esters is 1. The molecule has 1 aromatic carbocycles. The molecule has 0 bridgehead atoms. The van der Waals surface area contributed by atoms with Crippen molar-refractivity contribution in [2.24, 2.45) is 0 Å². The van der Waals surface area contributed by atoms with Crippen molar-refractivity contribution in [3.8, 4) is 0 Å². The van der Waals surface area contributed by atoms with E-state index in [1.807, 2.05) is 0 Å². The number of rotatable bonds is 2. The summed E-state index contributed by atoms with van der Waals surface area (Å²) in [4.78, 5) is 10.8. The summed E-state index contributed by atoms with van der Waals surface area (Å²) in [5, 5.41) is 0.607. The van der Waals surface area contributed by atoms with Crippen molar-refractivity contribution in [1.29, 1.82) is 0 Å². The largest absolute Gasteiger partial charge is 0.428 e. The van der Waals surface area contributed by atoms with Gasteiger partial charge in [-0.2, -0.15) is 4.39 Å². The summed E-state index contributed by atoms with van der Waals surface area (Å²) in [5.74, 6) is -2.29. The van der Waals surface area contributed by atoms with Crippen LogP contribution >= 0.6 is 11.6 Å². The quantitative estimate of drug-likeness (QED) is 0.728. The molecule has 0 spiro atoms. The molecular weight excluding hydrogens is 219 g/mol. The number of halogens is 2. The highest BCUT2D eigenvalue weighted by Crippen LogP contribution is 2.31. The minimum Gasteiger partial charge on any atom is -0.428 e. The highest BCUT2D eigenvalue weighted by Gasteiger charge is 2.40. The summed E-state index contributed by atoms with van der Waals surface area (Å²) in [7, 11) is 0. The van der Waals surface area contributed by atoms with Gasteiger partial charge in [-0.3, -0.25) is 4.79 Å². The maximum atomic E-state index is 13.9. The molecule has 2 nitrogen and oxygen atoms in total. The number of carbonyl (C=O) groups excluding carboxylic acids is 1. The second kappa shape index (κ2) is 3.81. The summed E-state index contributed by atoms with van der Waals surface area (Å²) in [6, 6.07) is 6.85. The van der Waals surface area contributed by atoms with Crippen LogP contribution in [0.15, 0.2) is 24.3 Å². The molecule has 1 aliphatic rings. The molecule has 1 saturated heterocycles. The highest BCUT2D eigenvalue weighted by atomic mass is 35.5. The molecule has 2 rings (SSSR count). The molecule has 80 valence electrons. The predicted molar refractivity (Wildman–Crippen MR) is 54.3 cm³/mol. The Hall–Kier alpha value is -1.09. The van der Waals surface area contributed by atoms with Crippen LogP contribution in [0.5, 0.6) is 0 Å². The van der Waals surface area contributed by atoms with E-state index in [2.05, 4.69) is 4.74 Å².